The van der Waals surface area contributed by atoms with Crippen molar-refractivity contribution in [1.82, 2.24) is 14.8 Å². The highest BCUT2D eigenvalue weighted by molar-refractivity contribution is 9.42. The lowest BCUT2D eigenvalue weighted by Gasteiger charge is -2.16. The Labute approximate surface area is 177 Å². The molecule has 136 valence electrons. The zero-order valence-electron chi connectivity index (χ0n) is 13.6. The van der Waals surface area contributed by atoms with Crippen LogP contribution in [0.25, 0.3) is 5.69 Å². The van der Waals surface area contributed by atoms with E-state index in [9.17, 15) is 8.42 Å². The number of nitrogens with zero attached hydrogens (tertiary/aromatic N) is 3. The van der Waals surface area contributed by atoms with Gasteiger partial charge in [-0.2, -0.15) is 0 Å². The molecular weight excluding hydrogens is 550 g/mol. The first-order chi connectivity index (χ1) is 12.2. The summed E-state index contributed by atoms with van der Waals surface area (Å²) in [4.78, 5) is 0. The van der Waals surface area contributed by atoms with Gasteiger partial charge in [0.15, 0.2) is 0 Å². The molecule has 0 amide bonds. The van der Waals surface area contributed by atoms with Crippen molar-refractivity contribution in [2.24, 2.45) is 0 Å². The van der Waals surface area contributed by atoms with Gasteiger partial charge in [-0.05, 0) is 71.0 Å². The molecule has 0 N–H and O–H groups in total. The maximum absolute atomic E-state index is 12.7. The molecule has 1 unspecified atom stereocenters. The number of halogens is 3. The smallest absolute Gasteiger partial charge is 0.257 e. The molecular formula is C17H14Br3N3O2S. The number of benzene rings is 2. The van der Waals surface area contributed by atoms with Gasteiger partial charge in [0.2, 0.25) is 11.3 Å². The number of hydrogen-bond donors (Lipinski definition) is 0. The molecule has 0 aliphatic carbocycles. The molecule has 0 spiro atoms. The van der Waals surface area contributed by atoms with E-state index in [0.29, 0.717) is 5.69 Å². The molecule has 26 heavy (non-hydrogen) atoms. The van der Waals surface area contributed by atoms with Gasteiger partial charge in [-0.3, -0.25) is 4.57 Å². The number of sulfone groups is 1. The highest BCUT2D eigenvalue weighted by Gasteiger charge is 2.41. The largest absolute Gasteiger partial charge is 0.272 e. The molecule has 5 nitrogen and oxygen atoms in total. The summed E-state index contributed by atoms with van der Waals surface area (Å²) in [6.07, 6.45) is 1.39. The number of rotatable bonds is 4. The molecule has 1 atom stereocenters. The lowest BCUT2D eigenvalue weighted by molar-refractivity contribution is 0.586. The Balaban J connectivity index is 2.05. The van der Waals surface area contributed by atoms with Crippen molar-refractivity contribution in [3.8, 4) is 5.69 Å². The van der Waals surface area contributed by atoms with Crippen LogP contribution in [-0.2, 0) is 9.84 Å². The van der Waals surface area contributed by atoms with Crippen molar-refractivity contribution < 1.29 is 8.42 Å². The second-order valence-electron chi connectivity index (χ2n) is 5.66. The fraction of sp³-hybridized carbons (Fsp3) is 0.176. The minimum absolute atomic E-state index is 0.162. The van der Waals surface area contributed by atoms with Crippen molar-refractivity contribution in [3.05, 3.63) is 72.1 Å². The fourth-order valence-corrected chi connectivity index (χ4v) is 4.64. The number of alkyl halides is 3. The van der Waals surface area contributed by atoms with Gasteiger partial charge in [0, 0.05) is 11.6 Å². The molecule has 3 aromatic rings. The first kappa shape index (κ1) is 19.7. The molecule has 0 bridgehead atoms. The monoisotopic (exact) mass is 561 g/mol. The van der Waals surface area contributed by atoms with Gasteiger partial charge in [-0.25, -0.2) is 8.42 Å². The molecule has 3 rings (SSSR count). The average Bonchev–Trinajstić information content (AvgIpc) is 3.11. The van der Waals surface area contributed by atoms with Crippen LogP contribution in [0.5, 0.6) is 0 Å². The molecule has 0 aliphatic rings. The third-order valence-corrected chi connectivity index (χ3v) is 9.21. The Kier molecular flexibility index (Phi) is 5.72. The second kappa shape index (κ2) is 7.53. The van der Waals surface area contributed by atoms with Crippen molar-refractivity contribution in [2.45, 2.75) is 19.5 Å². The van der Waals surface area contributed by atoms with E-state index in [-0.39, 0.29) is 11.1 Å². The Bertz CT molecular complexity index is 1010. The van der Waals surface area contributed by atoms with E-state index in [4.69, 9.17) is 0 Å². The number of hydrogen-bond acceptors (Lipinski definition) is 4. The summed E-state index contributed by atoms with van der Waals surface area (Å²) in [6.45, 7) is 2.11. The first-order valence-electron chi connectivity index (χ1n) is 7.58. The number of aromatic nitrogens is 3. The van der Waals surface area contributed by atoms with Crippen LogP contribution in [0.2, 0.25) is 0 Å². The first-order valence-corrected chi connectivity index (χ1v) is 11.4. The summed E-state index contributed by atoms with van der Waals surface area (Å²) < 4.78 is 25.3. The zero-order chi connectivity index (χ0) is 18.9. The fourth-order valence-electron chi connectivity index (χ4n) is 2.57. The summed E-state index contributed by atoms with van der Waals surface area (Å²) in [5.41, 5.74) is 2.92. The van der Waals surface area contributed by atoms with E-state index in [1.165, 1.54) is 16.5 Å². The van der Waals surface area contributed by atoms with Gasteiger partial charge in [0.25, 0.3) is 5.16 Å². The molecule has 1 aromatic heterocycles. The van der Waals surface area contributed by atoms with E-state index in [0.717, 1.165) is 5.56 Å². The third-order valence-electron chi connectivity index (χ3n) is 4.01. The van der Waals surface area contributed by atoms with E-state index in [1.54, 1.807) is 0 Å². The summed E-state index contributed by atoms with van der Waals surface area (Å²) in [6, 6.07) is 17.8. The zero-order valence-corrected chi connectivity index (χ0v) is 19.1. The normalized spacial score (nSPS) is 13.5. The van der Waals surface area contributed by atoms with Crippen LogP contribution in [0.3, 0.4) is 0 Å². The van der Waals surface area contributed by atoms with Crippen LogP contribution in [0.1, 0.15) is 24.0 Å². The maximum atomic E-state index is 12.7. The van der Waals surface area contributed by atoms with Gasteiger partial charge in [0.05, 0.1) is 0 Å². The Morgan fingerprint density at radius 3 is 2.31 bits per heavy atom. The average molecular weight is 564 g/mol. The van der Waals surface area contributed by atoms with Crippen LogP contribution in [0, 0.1) is 0 Å². The molecule has 0 aliphatic heterocycles. The molecule has 9 heteroatoms. The van der Waals surface area contributed by atoms with Gasteiger partial charge < -0.3 is 0 Å². The highest BCUT2D eigenvalue weighted by atomic mass is 80.0. The summed E-state index contributed by atoms with van der Waals surface area (Å²) in [7, 11) is -3.86. The van der Waals surface area contributed by atoms with Crippen LogP contribution in [0.4, 0.5) is 0 Å². The van der Waals surface area contributed by atoms with E-state index in [2.05, 4.69) is 77.0 Å². The Morgan fingerprint density at radius 1 is 1.00 bits per heavy atom. The van der Waals surface area contributed by atoms with Crippen molar-refractivity contribution in [1.29, 1.82) is 0 Å². The minimum atomic E-state index is -3.86. The quantitative estimate of drug-likeness (QED) is 0.420. The predicted octanol–water partition coefficient (Wildman–Crippen LogP) is 4.99. The summed E-state index contributed by atoms with van der Waals surface area (Å²) in [5.74, 6) is 0.162. The summed E-state index contributed by atoms with van der Waals surface area (Å²) in [5, 5.41) is 7.41. The topological polar surface area (TPSA) is 64.8 Å². The second-order valence-corrected chi connectivity index (χ2v) is 16.0. The maximum Gasteiger partial charge on any atom is 0.257 e. The molecule has 2 aromatic carbocycles. The molecule has 0 saturated carbocycles. The van der Waals surface area contributed by atoms with E-state index in [1.807, 2.05) is 42.5 Å². The molecule has 0 radical (unpaired) electrons. The van der Waals surface area contributed by atoms with Crippen molar-refractivity contribution in [2.75, 3.05) is 0 Å². The SMILES string of the molecule is CC(c1ccccc1)c1cccc(-n2cnnc2S(=O)(=O)C(Br)(Br)Br)c1. The van der Waals surface area contributed by atoms with Gasteiger partial charge in [-0.1, -0.05) is 49.4 Å². The van der Waals surface area contributed by atoms with Crippen molar-refractivity contribution in [3.63, 3.8) is 0 Å². The summed E-state index contributed by atoms with van der Waals surface area (Å²) >= 11 is 9.18. The Hall–Kier alpha value is -1.03. The van der Waals surface area contributed by atoms with E-state index < -0.39 is 11.3 Å². The molecule has 0 saturated heterocycles. The lowest BCUT2D eigenvalue weighted by Crippen LogP contribution is -2.21. The van der Waals surface area contributed by atoms with Crippen molar-refractivity contribution >= 4 is 57.6 Å². The van der Waals surface area contributed by atoms with E-state index >= 15 is 0 Å². The van der Waals surface area contributed by atoms with Crippen LogP contribution in [-0.4, -0.2) is 24.7 Å². The third kappa shape index (κ3) is 3.81. The molecule has 1 heterocycles. The van der Waals surface area contributed by atoms with Gasteiger partial charge >= 0.3 is 0 Å². The predicted molar refractivity (Wildman–Crippen MR) is 112 cm³/mol. The minimum Gasteiger partial charge on any atom is -0.272 e. The Morgan fingerprint density at radius 2 is 1.65 bits per heavy atom. The standard InChI is InChI=1S/C17H14Br3N3O2S/c1-12(13-6-3-2-4-7-13)14-8-5-9-15(10-14)23-11-21-22-16(23)26(24,25)17(18,19)20/h2-12H,1H3. The van der Waals surface area contributed by atoms with Crippen LogP contribution in [0.15, 0.2) is 66.1 Å². The van der Waals surface area contributed by atoms with Gasteiger partial charge in [-0.15, -0.1) is 10.2 Å². The molecule has 0 fully saturated rings. The van der Waals surface area contributed by atoms with Gasteiger partial charge in [0.1, 0.15) is 6.33 Å². The lowest BCUT2D eigenvalue weighted by atomic mass is 9.93. The highest BCUT2D eigenvalue weighted by Crippen LogP contribution is 2.43. The van der Waals surface area contributed by atoms with Crippen LogP contribution >= 0.6 is 47.8 Å². The van der Waals surface area contributed by atoms with Crippen LogP contribution < -0.4 is 0 Å².